The van der Waals surface area contributed by atoms with E-state index in [1.165, 1.54) is 7.11 Å². The van der Waals surface area contributed by atoms with Gasteiger partial charge in [0.15, 0.2) is 0 Å². The van der Waals surface area contributed by atoms with E-state index in [1.54, 1.807) is 11.1 Å². The van der Waals surface area contributed by atoms with E-state index in [0.29, 0.717) is 19.6 Å². The number of piperazine rings is 1. The molecule has 2 aliphatic rings. The lowest BCUT2D eigenvalue weighted by molar-refractivity contribution is -0.137. The molecule has 2 amide bonds. The molecule has 2 fully saturated rings. The maximum absolute atomic E-state index is 12.9. The molecule has 0 spiro atoms. The highest BCUT2D eigenvalue weighted by Gasteiger charge is 2.36. The number of anilines is 1. The summed E-state index contributed by atoms with van der Waals surface area (Å²) in [5.74, 6) is 0.0472. The maximum Gasteiger partial charge on any atom is 0.410 e. The van der Waals surface area contributed by atoms with Crippen LogP contribution in [0.1, 0.15) is 19.3 Å². The van der Waals surface area contributed by atoms with Crippen LogP contribution in [0.15, 0.2) is 24.5 Å². The van der Waals surface area contributed by atoms with Gasteiger partial charge in [-0.25, -0.2) is 4.79 Å². The summed E-state index contributed by atoms with van der Waals surface area (Å²) < 4.78 is 4.83. The molecule has 24 heavy (non-hydrogen) atoms. The molecule has 0 radical (unpaired) electrons. The summed E-state index contributed by atoms with van der Waals surface area (Å²) in [5, 5.41) is 0. The molecular formula is C17H24N4O3. The van der Waals surface area contributed by atoms with Crippen LogP contribution < -0.4 is 4.90 Å². The highest BCUT2D eigenvalue weighted by molar-refractivity contribution is 5.86. The van der Waals surface area contributed by atoms with Crippen LogP contribution in [0.4, 0.5) is 10.5 Å². The Morgan fingerprint density at radius 1 is 1.17 bits per heavy atom. The number of hydrogen-bond donors (Lipinski definition) is 0. The molecular weight excluding hydrogens is 308 g/mol. The van der Waals surface area contributed by atoms with Crippen LogP contribution in [-0.4, -0.2) is 72.7 Å². The summed E-state index contributed by atoms with van der Waals surface area (Å²) in [7, 11) is 1.37. The lowest BCUT2D eigenvalue weighted by Gasteiger charge is -2.40. The minimum atomic E-state index is -0.401. The Bertz CT molecular complexity index is 572. The zero-order chi connectivity index (χ0) is 16.9. The van der Waals surface area contributed by atoms with Gasteiger partial charge in [-0.2, -0.15) is 0 Å². The SMILES string of the molecule is COC(=O)N1CCCC[C@H]1C(=O)N1CCN(c2cccnc2)CC1. The van der Waals surface area contributed by atoms with Gasteiger partial charge in [0, 0.05) is 38.9 Å². The van der Waals surface area contributed by atoms with Gasteiger partial charge in [0.25, 0.3) is 0 Å². The number of pyridine rings is 1. The van der Waals surface area contributed by atoms with Crippen molar-refractivity contribution < 1.29 is 14.3 Å². The molecule has 0 unspecified atom stereocenters. The zero-order valence-electron chi connectivity index (χ0n) is 14.1. The molecule has 7 heteroatoms. The Morgan fingerprint density at radius 3 is 2.62 bits per heavy atom. The molecule has 7 nitrogen and oxygen atoms in total. The fourth-order valence-electron chi connectivity index (χ4n) is 3.46. The summed E-state index contributed by atoms with van der Waals surface area (Å²) in [5.41, 5.74) is 1.08. The number of amides is 2. The molecule has 1 aromatic heterocycles. The number of hydrogen-bond acceptors (Lipinski definition) is 5. The van der Waals surface area contributed by atoms with E-state index in [2.05, 4.69) is 9.88 Å². The topological polar surface area (TPSA) is 66.0 Å². The normalized spacial score (nSPS) is 21.5. The Morgan fingerprint density at radius 2 is 1.96 bits per heavy atom. The predicted octanol–water partition coefficient (Wildman–Crippen LogP) is 1.35. The van der Waals surface area contributed by atoms with E-state index >= 15 is 0 Å². The van der Waals surface area contributed by atoms with Crippen LogP contribution in [0.2, 0.25) is 0 Å². The number of piperidine rings is 1. The van der Waals surface area contributed by atoms with E-state index in [9.17, 15) is 9.59 Å². The summed E-state index contributed by atoms with van der Waals surface area (Å²) in [4.78, 5) is 34.6. The second-order valence-corrected chi connectivity index (χ2v) is 6.20. The summed E-state index contributed by atoms with van der Waals surface area (Å²) in [6, 6.07) is 3.57. The molecule has 2 aliphatic heterocycles. The number of nitrogens with zero attached hydrogens (tertiary/aromatic N) is 4. The number of carbonyl (C=O) groups is 2. The van der Waals surface area contributed by atoms with Gasteiger partial charge in [-0.1, -0.05) is 0 Å². The van der Waals surface area contributed by atoms with Crippen molar-refractivity contribution in [2.24, 2.45) is 0 Å². The monoisotopic (exact) mass is 332 g/mol. The van der Waals surface area contributed by atoms with Gasteiger partial charge in [-0.15, -0.1) is 0 Å². The van der Waals surface area contributed by atoms with E-state index in [0.717, 1.165) is 38.0 Å². The lowest BCUT2D eigenvalue weighted by atomic mass is 10.0. The second-order valence-electron chi connectivity index (χ2n) is 6.20. The van der Waals surface area contributed by atoms with Gasteiger partial charge in [-0.05, 0) is 31.4 Å². The molecule has 1 aromatic rings. The van der Waals surface area contributed by atoms with E-state index < -0.39 is 6.09 Å². The molecule has 130 valence electrons. The summed E-state index contributed by atoms with van der Waals surface area (Å²) in [6.07, 6.45) is 5.82. The van der Waals surface area contributed by atoms with Crippen LogP contribution in [0.3, 0.4) is 0 Å². The van der Waals surface area contributed by atoms with Crippen LogP contribution >= 0.6 is 0 Å². The first-order valence-corrected chi connectivity index (χ1v) is 8.49. The molecule has 0 saturated carbocycles. The number of carbonyl (C=O) groups excluding carboxylic acids is 2. The smallest absolute Gasteiger partial charge is 0.410 e. The first kappa shape index (κ1) is 16.5. The summed E-state index contributed by atoms with van der Waals surface area (Å²) >= 11 is 0. The van der Waals surface area contributed by atoms with Gasteiger partial charge < -0.3 is 14.5 Å². The minimum Gasteiger partial charge on any atom is -0.453 e. The van der Waals surface area contributed by atoms with Crippen molar-refractivity contribution in [1.82, 2.24) is 14.8 Å². The number of likely N-dealkylation sites (tertiary alicyclic amines) is 1. The fourth-order valence-corrected chi connectivity index (χ4v) is 3.46. The Labute approximate surface area is 142 Å². The highest BCUT2D eigenvalue weighted by Crippen LogP contribution is 2.21. The lowest BCUT2D eigenvalue weighted by Crippen LogP contribution is -2.57. The van der Waals surface area contributed by atoms with Crippen molar-refractivity contribution in [1.29, 1.82) is 0 Å². The quantitative estimate of drug-likeness (QED) is 0.818. The molecule has 0 N–H and O–H groups in total. The van der Waals surface area contributed by atoms with Crippen molar-refractivity contribution in [3.63, 3.8) is 0 Å². The van der Waals surface area contributed by atoms with Crippen LogP contribution in [0.5, 0.6) is 0 Å². The van der Waals surface area contributed by atoms with Crippen LogP contribution in [0, 0.1) is 0 Å². The van der Waals surface area contributed by atoms with E-state index in [-0.39, 0.29) is 11.9 Å². The van der Waals surface area contributed by atoms with E-state index in [1.807, 2.05) is 23.2 Å². The molecule has 2 saturated heterocycles. The van der Waals surface area contributed by atoms with Gasteiger partial charge in [0.1, 0.15) is 6.04 Å². The highest BCUT2D eigenvalue weighted by atomic mass is 16.5. The molecule has 0 aromatic carbocycles. The molecule has 1 atom stereocenters. The first-order chi connectivity index (χ1) is 11.7. The third kappa shape index (κ3) is 3.44. The van der Waals surface area contributed by atoms with Crippen molar-refractivity contribution in [3.05, 3.63) is 24.5 Å². The minimum absolute atomic E-state index is 0.0472. The van der Waals surface area contributed by atoms with Gasteiger partial charge in [-0.3, -0.25) is 14.7 Å². The number of rotatable bonds is 2. The van der Waals surface area contributed by atoms with Gasteiger partial charge >= 0.3 is 6.09 Å². The van der Waals surface area contributed by atoms with Gasteiger partial charge in [0.05, 0.1) is 19.0 Å². The number of methoxy groups -OCH3 is 1. The fraction of sp³-hybridized carbons (Fsp3) is 0.588. The third-order valence-electron chi connectivity index (χ3n) is 4.80. The Kier molecular flexibility index (Phi) is 5.17. The maximum atomic E-state index is 12.9. The van der Waals surface area contributed by atoms with E-state index in [4.69, 9.17) is 4.74 Å². The standard InChI is InChI=1S/C17H24N4O3/c1-24-17(23)21-8-3-2-6-15(21)16(22)20-11-9-19(10-12-20)14-5-4-7-18-13-14/h4-5,7,13,15H,2-3,6,8-12H2,1H3/t15-/m0/s1. The van der Waals surface area contributed by atoms with Crippen molar-refractivity contribution in [2.45, 2.75) is 25.3 Å². The van der Waals surface area contributed by atoms with Crippen LogP contribution in [0.25, 0.3) is 0 Å². The summed E-state index contributed by atoms with van der Waals surface area (Å²) in [6.45, 7) is 3.49. The van der Waals surface area contributed by atoms with Crippen LogP contribution in [-0.2, 0) is 9.53 Å². The second kappa shape index (κ2) is 7.51. The predicted molar refractivity (Wildman–Crippen MR) is 89.8 cm³/mol. The van der Waals surface area contributed by atoms with Crippen molar-refractivity contribution in [2.75, 3.05) is 44.7 Å². The average molecular weight is 332 g/mol. The third-order valence-corrected chi connectivity index (χ3v) is 4.80. The number of ether oxygens (including phenoxy) is 1. The first-order valence-electron chi connectivity index (χ1n) is 8.49. The Hall–Kier alpha value is -2.31. The Balaban J connectivity index is 1.61. The van der Waals surface area contributed by atoms with Gasteiger partial charge in [0.2, 0.25) is 5.91 Å². The van der Waals surface area contributed by atoms with Crippen molar-refractivity contribution >= 4 is 17.7 Å². The molecule has 3 rings (SSSR count). The molecule has 3 heterocycles. The zero-order valence-corrected chi connectivity index (χ0v) is 14.1. The largest absolute Gasteiger partial charge is 0.453 e. The number of aromatic nitrogens is 1. The van der Waals surface area contributed by atoms with Crippen molar-refractivity contribution in [3.8, 4) is 0 Å². The average Bonchev–Trinajstić information content (AvgIpc) is 2.67. The molecule has 0 aliphatic carbocycles. The molecule has 0 bridgehead atoms.